The first-order valence-corrected chi connectivity index (χ1v) is 8.86. The Kier molecular flexibility index (Phi) is 5.81. The molecule has 0 amide bonds. The number of aromatic nitrogens is 3. The van der Waals surface area contributed by atoms with Gasteiger partial charge in [0.1, 0.15) is 10.4 Å². The molecule has 0 bridgehead atoms. The molecule has 0 aromatic carbocycles. The molecule has 1 fully saturated rings. The third kappa shape index (κ3) is 3.43. The van der Waals surface area contributed by atoms with E-state index in [-0.39, 0.29) is 0 Å². The first-order chi connectivity index (χ1) is 10.6. The van der Waals surface area contributed by atoms with E-state index in [4.69, 9.17) is 5.10 Å². The minimum atomic E-state index is 0.624. The van der Waals surface area contributed by atoms with Gasteiger partial charge in [-0.1, -0.05) is 13.8 Å². The molecule has 0 saturated carbocycles. The number of nitrogens with zero attached hydrogens (tertiary/aromatic N) is 5. The second kappa shape index (κ2) is 7.42. The Morgan fingerprint density at radius 3 is 2.32 bits per heavy atom. The van der Waals surface area contributed by atoms with Gasteiger partial charge in [0.05, 0.1) is 5.69 Å². The summed E-state index contributed by atoms with van der Waals surface area (Å²) in [5.41, 5.74) is 1.93. The lowest BCUT2D eigenvalue weighted by Gasteiger charge is -2.37. The van der Waals surface area contributed by atoms with Crippen LogP contribution in [0.3, 0.4) is 0 Å². The van der Waals surface area contributed by atoms with E-state index in [9.17, 15) is 0 Å². The van der Waals surface area contributed by atoms with Crippen LogP contribution in [0.15, 0.2) is 16.7 Å². The maximum absolute atomic E-state index is 4.72. The average molecular weight is 368 g/mol. The lowest BCUT2D eigenvalue weighted by molar-refractivity contribution is 0.209. The van der Waals surface area contributed by atoms with Crippen molar-refractivity contribution in [1.82, 2.24) is 19.5 Å². The van der Waals surface area contributed by atoms with Gasteiger partial charge >= 0.3 is 0 Å². The Morgan fingerprint density at radius 2 is 1.73 bits per heavy atom. The largest absolute Gasteiger partial charge is 0.353 e. The molecule has 0 unspecified atom stereocenters. The Labute approximate surface area is 141 Å². The Morgan fingerprint density at radius 1 is 1.09 bits per heavy atom. The van der Waals surface area contributed by atoms with Gasteiger partial charge in [-0.3, -0.25) is 4.90 Å². The molecule has 22 heavy (non-hydrogen) atoms. The molecule has 2 aromatic heterocycles. The summed E-state index contributed by atoms with van der Waals surface area (Å²) in [4.78, 5) is 9.29. The van der Waals surface area contributed by atoms with Crippen molar-refractivity contribution in [2.24, 2.45) is 0 Å². The number of halogens is 1. The van der Waals surface area contributed by atoms with E-state index in [2.05, 4.69) is 50.6 Å². The fourth-order valence-electron chi connectivity index (χ4n) is 2.64. The highest BCUT2D eigenvalue weighted by Gasteiger charge is 2.20. The molecule has 3 rings (SSSR count). The summed E-state index contributed by atoms with van der Waals surface area (Å²) >= 11 is 3.46. The summed E-state index contributed by atoms with van der Waals surface area (Å²) in [5, 5.41) is 4.72. The van der Waals surface area contributed by atoms with Gasteiger partial charge in [-0.15, -0.1) is 5.10 Å². The van der Waals surface area contributed by atoms with Crippen LogP contribution in [0.25, 0.3) is 5.65 Å². The quantitative estimate of drug-likeness (QED) is 0.815. The predicted molar refractivity (Wildman–Crippen MR) is 95.7 cm³/mol. The van der Waals surface area contributed by atoms with Crippen molar-refractivity contribution in [2.45, 2.75) is 40.7 Å². The molecule has 3 heterocycles. The van der Waals surface area contributed by atoms with Crippen LogP contribution in [0.2, 0.25) is 0 Å². The molecule has 0 radical (unpaired) electrons. The molecule has 1 aliphatic heterocycles. The van der Waals surface area contributed by atoms with Crippen LogP contribution in [-0.2, 0) is 0 Å². The number of hydrogen-bond acceptors (Lipinski definition) is 4. The number of fused-ring (bicyclic) bond motifs is 1. The number of aryl methyl sites for hydroxylation is 1. The van der Waals surface area contributed by atoms with E-state index in [0.29, 0.717) is 6.04 Å². The van der Waals surface area contributed by atoms with E-state index >= 15 is 0 Å². The Hall–Kier alpha value is -1.14. The zero-order valence-electron chi connectivity index (χ0n) is 14.2. The van der Waals surface area contributed by atoms with Crippen LogP contribution in [0.4, 0.5) is 5.82 Å². The van der Waals surface area contributed by atoms with Gasteiger partial charge in [-0.25, -0.2) is 9.50 Å². The number of anilines is 1. The van der Waals surface area contributed by atoms with Gasteiger partial charge in [-0.05, 0) is 48.8 Å². The first-order valence-electron chi connectivity index (χ1n) is 8.07. The number of piperazine rings is 1. The van der Waals surface area contributed by atoms with Crippen molar-refractivity contribution in [1.29, 1.82) is 0 Å². The lowest BCUT2D eigenvalue weighted by Crippen LogP contribution is -2.49. The van der Waals surface area contributed by atoms with Crippen molar-refractivity contribution in [3.63, 3.8) is 0 Å². The maximum atomic E-state index is 4.72. The van der Waals surface area contributed by atoms with Crippen molar-refractivity contribution in [2.75, 3.05) is 31.1 Å². The highest BCUT2D eigenvalue weighted by Crippen LogP contribution is 2.20. The van der Waals surface area contributed by atoms with Crippen molar-refractivity contribution < 1.29 is 0 Å². The van der Waals surface area contributed by atoms with Crippen LogP contribution in [0.1, 0.15) is 33.4 Å². The highest BCUT2D eigenvalue weighted by atomic mass is 79.9. The summed E-state index contributed by atoms with van der Waals surface area (Å²) in [5.74, 6) is 1.04. The molecular formula is C16H26BrN5. The molecule has 122 valence electrons. The highest BCUT2D eigenvalue weighted by molar-refractivity contribution is 9.10. The molecule has 0 aliphatic carbocycles. The van der Waals surface area contributed by atoms with Crippen molar-refractivity contribution in [3.8, 4) is 0 Å². The second-order valence-corrected chi connectivity index (χ2v) is 6.32. The number of hydrogen-bond donors (Lipinski definition) is 0. The summed E-state index contributed by atoms with van der Waals surface area (Å²) in [6.07, 6.45) is 0. The number of rotatable bonds is 2. The van der Waals surface area contributed by atoms with E-state index in [1.54, 1.807) is 0 Å². The van der Waals surface area contributed by atoms with Gasteiger partial charge < -0.3 is 4.90 Å². The minimum Gasteiger partial charge on any atom is -0.353 e. The zero-order chi connectivity index (χ0) is 16.3. The minimum absolute atomic E-state index is 0.624. The van der Waals surface area contributed by atoms with Crippen LogP contribution in [0.5, 0.6) is 0 Å². The SMILES string of the molecule is CC.Cc1c(Br)nc2ccc(N3CCN(C(C)C)CC3)nn12. The van der Waals surface area contributed by atoms with E-state index in [1.165, 1.54) is 0 Å². The van der Waals surface area contributed by atoms with Crippen LogP contribution >= 0.6 is 15.9 Å². The third-order valence-electron chi connectivity index (χ3n) is 4.00. The standard InChI is InChI=1S/C14H20BrN5.C2H6/c1-10(2)18-6-8-19(9-7-18)13-5-4-12-16-14(15)11(3)20(12)17-13;1-2/h4-5,10H,6-9H2,1-3H3;1-2H3. The van der Waals surface area contributed by atoms with E-state index in [1.807, 2.05) is 31.4 Å². The Balaban J connectivity index is 0.000000847. The van der Waals surface area contributed by atoms with Gasteiger partial charge in [0, 0.05) is 32.2 Å². The zero-order valence-corrected chi connectivity index (χ0v) is 15.8. The van der Waals surface area contributed by atoms with E-state index < -0.39 is 0 Å². The molecule has 2 aromatic rings. The summed E-state index contributed by atoms with van der Waals surface area (Å²) < 4.78 is 2.78. The van der Waals surface area contributed by atoms with Crippen LogP contribution < -0.4 is 4.90 Å². The molecule has 5 nitrogen and oxygen atoms in total. The molecule has 0 atom stereocenters. The van der Waals surface area contributed by atoms with Gasteiger partial charge in [0.25, 0.3) is 0 Å². The van der Waals surface area contributed by atoms with Crippen molar-refractivity contribution in [3.05, 3.63) is 22.4 Å². The van der Waals surface area contributed by atoms with Gasteiger partial charge in [-0.2, -0.15) is 0 Å². The lowest BCUT2D eigenvalue weighted by atomic mass is 10.2. The van der Waals surface area contributed by atoms with E-state index in [0.717, 1.165) is 47.9 Å². The predicted octanol–water partition coefficient (Wildman–Crippen LogP) is 3.36. The topological polar surface area (TPSA) is 36.7 Å². The van der Waals surface area contributed by atoms with Gasteiger partial charge in [0.2, 0.25) is 0 Å². The van der Waals surface area contributed by atoms with Crippen molar-refractivity contribution >= 4 is 27.4 Å². The molecule has 6 heteroatoms. The fraction of sp³-hybridized carbons (Fsp3) is 0.625. The smallest absolute Gasteiger partial charge is 0.155 e. The molecule has 0 spiro atoms. The molecular weight excluding hydrogens is 342 g/mol. The summed E-state index contributed by atoms with van der Waals surface area (Å²) in [7, 11) is 0. The number of imidazole rings is 1. The average Bonchev–Trinajstić information content (AvgIpc) is 2.84. The Bertz CT molecular complexity index is 614. The second-order valence-electron chi connectivity index (χ2n) is 5.57. The normalized spacial score (nSPS) is 16.0. The monoisotopic (exact) mass is 367 g/mol. The molecule has 0 N–H and O–H groups in total. The third-order valence-corrected chi connectivity index (χ3v) is 4.75. The molecule has 1 saturated heterocycles. The fourth-order valence-corrected chi connectivity index (χ4v) is 2.99. The summed E-state index contributed by atoms with van der Waals surface area (Å²) in [6.45, 7) is 14.8. The molecule has 1 aliphatic rings. The van der Waals surface area contributed by atoms with Crippen LogP contribution in [0, 0.1) is 6.92 Å². The first kappa shape index (κ1) is 17.2. The summed E-state index contributed by atoms with van der Waals surface area (Å²) in [6, 6.07) is 4.73. The van der Waals surface area contributed by atoms with Crippen LogP contribution in [-0.4, -0.2) is 51.7 Å². The van der Waals surface area contributed by atoms with Gasteiger partial charge in [0.15, 0.2) is 5.65 Å². The maximum Gasteiger partial charge on any atom is 0.155 e.